The molecule has 0 spiro atoms. The fourth-order valence-corrected chi connectivity index (χ4v) is 1.12. The van der Waals surface area contributed by atoms with Crippen LogP contribution in [0.15, 0.2) is 6.20 Å². The van der Waals surface area contributed by atoms with Crippen molar-refractivity contribution in [1.29, 1.82) is 0 Å². The average Bonchev–Trinajstić information content (AvgIpc) is 2.28. The molecule has 5 nitrogen and oxygen atoms in total. The fraction of sp³-hybridized carbons (Fsp3) is 0.636. The van der Waals surface area contributed by atoms with Gasteiger partial charge in [0, 0.05) is 6.54 Å². The minimum Gasteiger partial charge on any atom is -0.473 e. The topological polar surface area (TPSA) is 56.3 Å². The highest BCUT2D eigenvalue weighted by molar-refractivity contribution is 5.27. The van der Waals surface area contributed by atoms with Gasteiger partial charge < -0.3 is 14.8 Å². The van der Waals surface area contributed by atoms with Crippen molar-refractivity contribution >= 4 is 5.95 Å². The number of hydrogen-bond donors (Lipinski definition) is 1. The van der Waals surface area contributed by atoms with Crippen molar-refractivity contribution in [3.8, 4) is 5.88 Å². The molecular formula is C11H18FN3O2. The van der Waals surface area contributed by atoms with Crippen molar-refractivity contribution in [1.82, 2.24) is 9.97 Å². The molecule has 0 atom stereocenters. The number of halogens is 1. The maximum Gasteiger partial charge on any atom is 0.255 e. The van der Waals surface area contributed by atoms with Crippen molar-refractivity contribution in [2.24, 2.45) is 0 Å². The molecule has 0 aliphatic carbocycles. The number of nitrogens with zero attached hydrogens (tertiary/aromatic N) is 2. The molecule has 1 rings (SSSR count). The normalized spacial score (nSPS) is 10.6. The van der Waals surface area contributed by atoms with Crippen LogP contribution in [-0.2, 0) is 4.74 Å². The molecule has 1 aromatic heterocycles. The van der Waals surface area contributed by atoms with Crippen molar-refractivity contribution in [3.63, 3.8) is 0 Å². The summed E-state index contributed by atoms with van der Waals surface area (Å²) < 4.78 is 23.7. The van der Waals surface area contributed by atoms with E-state index in [0.29, 0.717) is 19.1 Å². The maximum atomic E-state index is 13.3. The molecule has 1 aromatic rings. The Morgan fingerprint density at radius 3 is 2.82 bits per heavy atom. The summed E-state index contributed by atoms with van der Waals surface area (Å²) in [5, 5.41) is 2.88. The van der Waals surface area contributed by atoms with Crippen molar-refractivity contribution in [2.75, 3.05) is 25.1 Å². The summed E-state index contributed by atoms with van der Waals surface area (Å²) in [5.74, 6) is -0.270. The van der Waals surface area contributed by atoms with E-state index in [4.69, 9.17) is 9.47 Å². The summed E-state index contributed by atoms with van der Waals surface area (Å²) in [6, 6.07) is 0. The zero-order valence-corrected chi connectivity index (χ0v) is 10.4. The second-order valence-corrected chi connectivity index (χ2v) is 3.65. The lowest BCUT2D eigenvalue weighted by Crippen LogP contribution is -2.13. The van der Waals surface area contributed by atoms with Crippen molar-refractivity contribution in [2.45, 2.75) is 26.9 Å². The predicted molar refractivity (Wildman–Crippen MR) is 62.7 cm³/mol. The first-order valence-electron chi connectivity index (χ1n) is 5.64. The van der Waals surface area contributed by atoms with Crippen molar-refractivity contribution < 1.29 is 13.9 Å². The SMILES string of the molecule is CCNc1ncc(F)c(OCCOC(C)C)n1. The molecule has 0 fully saturated rings. The molecule has 96 valence electrons. The van der Waals surface area contributed by atoms with E-state index in [9.17, 15) is 4.39 Å². The monoisotopic (exact) mass is 243 g/mol. The molecule has 0 radical (unpaired) electrons. The molecule has 0 aliphatic rings. The number of aromatic nitrogens is 2. The standard InChI is InChI=1S/C11H18FN3O2/c1-4-13-11-14-7-9(12)10(15-11)17-6-5-16-8(2)3/h7-8H,4-6H2,1-3H3,(H,13,14,15). The Bertz CT molecular complexity index is 347. The third-order valence-corrected chi connectivity index (χ3v) is 1.82. The molecule has 0 saturated carbocycles. The van der Waals surface area contributed by atoms with E-state index in [0.717, 1.165) is 6.20 Å². The molecule has 0 aromatic carbocycles. The van der Waals surface area contributed by atoms with Gasteiger partial charge in [0.25, 0.3) is 5.88 Å². The number of anilines is 1. The van der Waals surface area contributed by atoms with Crippen LogP contribution in [0.1, 0.15) is 20.8 Å². The number of nitrogens with one attached hydrogen (secondary N) is 1. The Morgan fingerprint density at radius 1 is 1.41 bits per heavy atom. The summed E-state index contributed by atoms with van der Waals surface area (Å²) in [6.45, 7) is 7.09. The summed E-state index contributed by atoms with van der Waals surface area (Å²) in [5.41, 5.74) is 0. The van der Waals surface area contributed by atoms with E-state index in [1.807, 2.05) is 20.8 Å². The highest BCUT2D eigenvalue weighted by atomic mass is 19.1. The summed E-state index contributed by atoms with van der Waals surface area (Å²) in [4.78, 5) is 7.68. The summed E-state index contributed by atoms with van der Waals surface area (Å²) in [6.07, 6.45) is 1.22. The zero-order valence-electron chi connectivity index (χ0n) is 10.4. The van der Waals surface area contributed by atoms with Gasteiger partial charge in [-0.15, -0.1) is 0 Å². The van der Waals surface area contributed by atoms with Crippen LogP contribution in [0.25, 0.3) is 0 Å². The van der Waals surface area contributed by atoms with Crippen LogP contribution in [0.3, 0.4) is 0 Å². The van der Waals surface area contributed by atoms with Gasteiger partial charge in [-0.3, -0.25) is 0 Å². The Balaban J connectivity index is 2.48. The lowest BCUT2D eigenvalue weighted by atomic mass is 10.5. The minimum absolute atomic E-state index is 0.0525. The van der Waals surface area contributed by atoms with Crippen molar-refractivity contribution in [3.05, 3.63) is 12.0 Å². The third kappa shape index (κ3) is 4.95. The van der Waals surface area contributed by atoms with E-state index in [1.54, 1.807) is 0 Å². The fourth-order valence-electron chi connectivity index (χ4n) is 1.12. The van der Waals surface area contributed by atoms with Gasteiger partial charge in [-0.1, -0.05) is 0 Å². The highest BCUT2D eigenvalue weighted by Gasteiger charge is 2.07. The largest absolute Gasteiger partial charge is 0.473 e. The summed E-state index contributed by atoms with van der Waals surface area (Å²) >= 11 is 0. The van der Waals surface area contributed by atoms with Gasteiger partial charge in [0.15, 0.2) is 0 Å². The van der Waals surface area contributed by atoms with Gasteiger partial charge in [0.2, 0.25) is 11.8 Å². The quantitative estimate of drug-likeness (QED) is 0.741. The number of rotatable bonds is 7. The van der Waals surface area contributed by atoms with Gasteiger partial charge in [0.05, 0.1) is 18.9 Å². The van der Waals surface area contributed by atoms with Crippen LogP contribution >= 0.6 is 0 Å². The lowest BCUT2D eigenvalue weighted by Gasteiger charge is -2.09. The minimum atomic E-state index is -0.573. The molecular weight excluding hydrogens is 225 g/mol. The molecule has 0 amide bonds. The average molecular weight is 243 g/mol. The lowest BCUT2D eigenvalue weighted by molar-refractivity contribution is 0.0533. The van der Waals surface area contributed by atoms with Gasteiger partial charge in [-0.05, 0) is 20.8 Å². The molecule has 0 aliphatic heterocycles. The predicted octanol–water partition coefficient (Wildman–Crippen LogP) is 1.85. The first-order chi connectivity index (χ1) is 8.13. The van der Waals surface area contributed by atoms with E-state index in [2.05, 4.69) is 15.3 Å². The molecule has 0 bridgehead atoms. The molecule has 0 unspecified atom stereocenters. The number of hydrogen-bond acceptors (Lipinski definition) is 5. The smallest absolute Gasteiger partial charge is 0.255 e. The molecule has 0 saturated heterocycles. The van der Waals surface area contributed by atoms with Crippen LogP contribution in [0.5, 0.6) is 5.88 Å². The Kier molecular flexibility index (Phi) is 5.62. The second kappa shape index (κ2) is 7.01. The van der Waals surface area contributed by atoms with Gasteiger partial charge in [-0.2, -0.15) is 9.37 Å². The van der Waals surface area contributed by atoms with Crippen LogP contribution in [0.2, 0.25) is 0 Å². The first kappa shape index (κ1) is 13.6. The number of ether oxygens (including phenoxy) is 2. The molecule has 17 heavy (non-hydrogen) atoms. The van der Waals surface area contributed by atoms with Crippen LogP contribution in [0, 0.1) is 5.82 Å². The van der Waals surface area contributed by atoms with Crippen LogP contribution in [-0.4, -0.2) is 35.8 Å². The van der Waals surface area contributed by atoms with E-state index in [1.165, 1.54) is 0 Å². The molecule has 6 heteroatoms. The summed E-state index contributed by atoms with van der Waals surface area (Å²) in [7, 11) is 0. The first-order valence-corrected chi connectivity index (χ1v) is 5.64. The molecule has 1 heterocycles. The van der Waals surface area contributed by atoms with Crippen LogP contribution < -0.4 is 10.1 Å². The van der Waals surface area contributed by atoms with Gasteiger partial charge >= 0.3 is 0 Å². The zero-order chi connectivity index (χ0) is 12.7. The Morgan fingerprint density at radius 2 is 2.18 bits per heavy atom. The maximum absolute atomic E-state index is 13.3. The molecule has 1 N–H and O–H groups in total. The van der Waals surface area contributed by atoms with E-state index >= 15 is 0 Å². The van der Waals surface area contributed by atoms with E-state index < -0.39 is 5.82 Å². The Labute approximate surface area is 100 Å². The van der Waals surface area contributed by atoms with E-state index in [-0.39, 0.29) is 18.6 Å². The second-order valence-electron chi connectivity index (χ2n) is 3.65. The Hall–Kier alpha value is -1.43. The van der Waals surface area contributed by atoms with Gasteiger partial charge in [0.1, 0.15) is 6.61 Å². The van der Waals surface area contributed by atoms with Gasteiger partial charge in [-0.25, -0.2) is 4.98 Å². The van der Waals surface area contributed by atoms with Crippen LogP contribution in [0.4, 0.5) is 10.3 Å². The highest BCUT2D eigenvalue weighted by Crippen LogP contribution is 2.14. The third-order valence-electron chi connectivity index (χ3n) is 1.82.